The molecule has 1 heterocycles. The third-order valence-electron chi connectivity index (χ3n) is 2.65. The van der Waals surface area contributed by atoms with E-state index in [-0.39, 0.29) is 17.2 Å². The maximum absolute atomic E-state index is 12.9. The van der Waals surface area contributed by atoms with Crippen molar-refractivity contribution in [1.29, 1.82) is 0 Å². The Bertz CT molecular complexity index is 358. The lowest BCUT2D eigenvalue weighted by Crippen LogP contribution is -2.26. The molecule has 1 aromatic carbocycles. The van der Waals surface area contributed by atoms with Crippen LogP contribution in [0.2, 0.25) is 5.02 Å². The second-order valence-electron chi connectivity index (χ2n) is 3.74. The summed E-state index contributed by atoms with van der Waals surface area (Å²) in [4.78, 5) is 0. The lowest BCUT2D eigenvalue weighted by molar-refractivity contribution is 0.121. The summed E-state index contributed by atoms with van der Waals surface area (Å²) >= 11 is 5.69. The lowest BCUT2D eigenvalue weighted by Gasteiger charge is -2.17. The van der Waals surface area contributed by atoms with Crippen LogP contribution in [0.15, 0.2) is 18.2 Å². The van der Waals surface area contributed by atoms with Crippen LogP contribution >= 0.6 is 11.6 Å². The minimum Gasteiger partial charge on any atom is -0.380 e. The van der Waals surface area contributed by atoms with Crippen molar-refractivity contribution in [2.75, 3.05) is 11.9 Å². The van der Waals surface area contributed by atoms with Crippen LogP contribution in [0, 0.1) is 5.82 Å². The molecular weight excluding hydrogens is 217 g/mol. The van der Waals surface area contributed by atoms with Crippen molar-refractivity contribution in [3.8, 4) is 0 Å². The minimum atomic E-state index is -0.391. The van der Waals surface area contributed by atoms with E-state index in [1.54, 1.807) is 12.1 Å². The third kappa shape index (κ3) is 2.41. The molecule has 0 spiro atoms. The van der Waals surface area contributed by atoms with Gasteiger partial charge in [0.1, 0.15) is 5.82 Å². The first-order valence-electron chi connectivity index (χ1n) is 5.00. The molecule has 1 N–H and O–H groups in total. The molecule has 0 unspecified atom stereocenters. The molecule has 2 atom stereocenters. The second kappa shape index (κ2) is 4.37. The van der Waals surface area contributed by atoms with Crippen molar-refractivity contribution >= 4 is 17.3 Å². The van der Waals surface area contributed by atoms with Crippen LogP contribution in [0.25, 0.3) is 0 Å². The first kappa shape index (κ1) is 10.7. The molecular formula is C11H13ClFNO. The molecule has 1 aromatic rings. The zero-order chi connectivity index (χ0) is 10.8. The van der Waals surface area contributed by atoms with Crippen LogP contribution in [0.5, 0.6) is 0 Å². The third-order valence-corrected chi connectivity index (χ3v) is 2.94. The summed E-state index contributed by atoms with van der Waals surface area (Å²) in [6, 6.07) is 4.94. The number of benzene rings is 1. The molecule has 1 fully saturated rings. The summed E-state index contributed by atoms with van der Waals surface area (Å²) in [5.41, 5.74) is 0.837. The highest BCUT2D eigenvalue weighted by Crippen LogP contribution is 2.23. The standard InChI is InChI=1S/C11H13ClFNO/c1-7-11(4-5-15-7)14-8-2-3-10(13)9(12)6-8/h2-3,6-7,11,14H,4-5H2,1H3/t7-,11-/m1/s1. The first-order chi connectivity index (χ1) is 7.16. The number of ether oxygens (including phenoxy) is 1. The van der Waals surface area contributed by atoms with E-state index in [0.29, 0.717) is 0 Å². The number of hydrogen-bond acceptors (Lipinski definition) is 2. The van der Waals surface area contributed by atoms with Gasteiger partial charge in [-0.3, -0.25) is 0 Å². The molecule has 82 valence electrons. The predicted molar refractivity (Wildman–Crippen MR) is 58.9 cm³/mol. The topological polar surface area (TPSA) is 21.3 Å². The van der Waals surface area contributed by atoms with Crippen LogP contribution < -0.4 is 5.32 Å². The molecule has 0 amide bonds. The summed E-state index contributed by atoms with van der Waals surface area (Å²) in [7, 11) is 0. The summed E-state index contributed by atoms with van der Waals surface area (Å²) in [6.45, 7) is 2.80. The average molecular weight is 230 g/mol. The highest BCUT2D eigenvalue weighted by atomic mass is 35.5. The van der Waals surface area contributed by atoms with E-state index in [2.05, 4.69) is 5.32 Å². The minimum absolute atomic E-state index is 0.145. The monoisotopic (exact) mass is 229 g/mol. The SMILES string of the molecule is C[C@H]1OCC[C@H]1Nc1ccc(F)c(Cl)c1. The van der Waals surface area contributed by atoms with Crippen LogP contribution in [0.4, 0.5) is 10.1 Å². The van der Waals surface area contributed by atoms with Gasteiger partial charge in [0.2, 0.25) is 0 Å². The van der Waals surface area contributed by atoms with Crippen molar-refractivity contribution in [2.45, 2.75) is 25.5 Å². The van der Waals surface area contributed by atoms with Gasteiger partial charge in [0.05, 0.1) is 17.2 Å². The Balaban J connectivity index is 2.07. The Morgan fingerprint density at radius 2 is 2.33 bits per heavy atom. The Labute approximate surface area is 93.4 Å². The van der Waals surface area contributed by atoms with E-state index in [1.807, 2.05) is 6.92 Å². The Kier molecular flexibility index (Phi) is 3.12. The first-order valence-corrected chi connectivity index (χ1v) is 5.38. The van der Waals surface area contributed by atoms with Crippen LogP contribution in [0.3, 0.4) is 0 Å². The van der Waals surface area contributed by atoms with E-state index in [9.17, 15) is 4.39 Å². The average Bonchev–Trinajstić information content (AvgIpc) is 2.59. The Hall–Kier alpha value is -0.800. The van der Waals surface area contributed by atoms with Gasteiger partial charge in [0.15, 0.2) is 0 Å². The van der Waals surface area contributed by atoms with Gasteiger partial charge in [-0.05, 0) is 31.5 Å². The maximum Gasteiger partial charge on any atom is 0.141 e. The van der Waals surface area contributed by atoms with E-state index in [1.165, 1.54) is 6.07 Å². The fourth-order valence-electron chi connectivity index (χ4n) is 1.72. The molecule has 2 nitrogen and oxygen atoms in total. The van der Waals surface area contributed by atoms with Crippen LogP contribution in [0.1, 0.15) is 13.3 Å². The maximum atomic E-state index is 12.9. The predicted octanol–water partition coefficient (Wildman–Crippen LogP) is 3.07. The molecule has 1 aliphatic rings. The molecule has 1 saturated heterocycles. The zero-order valence-electron chi connectivity index (χ0n) is 8.47. The summed E-state index contributed by atoms with van der Waals surface area (Å²) in [5.74, 6) is -0.391. The summed E-state index contributed by atoms with van der Waals surface area (Å²) in [6.07, 6.45) is 1.16. The van der Waals surface area contributed by atoms with Crippen molar-refractivity contribution < 1.29 is 9.13 Å². The van der Waals surface area contributed by atoms with Crippen LogP contribution in [-0.4, -0.2) is 18.8 Å². The van der Waals surface area contributed by atoms with Gasteiger partial charge >= 0.3 is 0 Å². The number of anilines is 1. The van der Waals surface area contributed by atoms with Crippen molar-refractivity contribution in [2.24, 2.45) is 0 Å². The molecule has 0 aromatic heterocycles. The molecule has 1 aliphatic heterocycles. The summed E-state index contributed by atoms with van der Waals surface area (Å²) < 4.78 is 18.3. The van der Waals surface area contributed by atoms with Gasteiger partial charge in [0.25, 0.3) is 0 Å². The van der Waals surface area contributed by atoms with Gasteiger partial charge in [-0.15, -0.1) is 0 Å². The van der Waals surface area contributed by atoms with Gasteiger partial charge < -0.3 is 10.1 Å². The normalized spacial score (nSPS) is 25.5. The molecule has 0 bridgehead atoms. The Morgan fingerprint density at radius 3 is 2.93 bits per heavy atom. The smallest absolute Gasteiger partial charge is 0.141 e. The number of hydrogen-bond donors (Lipinski definition) is 1. The van der Waals surface area contributed by atoms with Crippen molar-refractivity contribution in [3.63, 3.8) is 0 Å². The van der Waals surface area contributed by atoms with Crippen molar-refractivity contribution in [1.82, 2.24) is 0 Å². The lowest BCUT2D eigenvalue weighted by atomic mass is 10.1. The fraction of sp³-hybridized carbons (Fsp3) is 0.455. The number of rotatable bonds is 2. The van der Waals surface area contributed by atoms with Crippen LogP contribution in [-0.2, 0) is 4.74 Å². The number of halogens is 2. The molecule has 2 rings (SSSR count). The molecule has 0 saturated carbocycles. The molecule has 4 heteroatoms. The quantitative estimate of drug-likeness (QED) is 0.842. The van der Waals surface area contributed by atoms with E-state index in [4.69, 9.17) is 16.3 Å². The van der Waals surface area contributed by atoms with E-state index >= 15 is 0 Å². The van der Waals surface area contributed by atoms with Gasteiger partial charge in [-0.2, -0.15) is 0 Å². The fourth-order valence-corrected chi connectivity index (χ4v) is 1.90. The molecule has 15 heavy (non-hydrogen) atoms. The van der Waals surface area contributed by atoms with Gasteiger partial charge in [0, 0.05) is 12.3 Å². The highest BCUT2D eigenvalue weighted by Gasteiger charge is 2.23. The summed E-state index contributed by atoms with van der Waals surface area (Å²) in [5, 5.41) is 3.43. The molecule has 0 radical (unpaired) electrons. The van der Waals surface area contributed by atoms with Crippen molar-refractivity contribution in [3.05, 3.63) is 29.0 Å². The number of nitrogens with one attached hydrogen (secondary N) is 1. The molecule has 0 aliphatic carbocycles. The van der Waals surface area contributed by atoms with E-state index < -0.39 is 5.82 Å². The highest BCUT2D eigenvalue weighted by molar-refractivity contribution is 6.31. The second-order valence-corrected chi connectivity index (χ2v) is 4.15. The van der Waals surface area contributed by atoms with Gasteiger partial charge in [-0.25, -0.2) is 4.39 Å². The van der Waals surface area contributed by atoms with E-state index in [0.717, 1.165) is 18.7 Å². The van der Waals surface area contributed by atoms with Gasteiger partial charge in [-0.1, -0.05) is 11.6 Å². The zero-order valence-corrected chi connectivity index (χ0v) is 9.22. The Morgan fingerprint density at radius 1 is 1.53 bits per heavy atom. The largest absolute Gasteiger partial charge is 0.380 e.